The second kappa shape index (κ2) is 3.62. The first kappa shape index (κ1) is 10.7. The quantitative estimate of drug-likeness (QED) is 0.748. The first-order valence-corrected chi connectivity index (χ1v) is 4.35. The van der Waals surface area contributed by atoms with Crippen LogP contribution in [0.4, 0.5) is 17.6 Å². The van der Waals surface area contributed by atoms with Crippen molar-refractivity contribution in [2.75, 3.05) is 0 Å². The zero-order valence-electron chi connectivity index (χ0n) is 7.85. The predicted molar refractivity (Wildman–Crippen MR) is 49.0 cm³/mol. The fourth-order valence-corrected chi connectivity index (χ4v) is 1.35. The fourth-order valence-electron chi connectivity index (χ4n) is 1.35. The molecule has 2 aromatic rings. The van der Waals surface area contributed by atoms with Gasteiger partial charge in [0.2, 0.25) is 0 Å². The van der Waals surface area contributed by atoms with Gasteiger partial charge in [-0.3, -0.25) is 5.10 Å². The summed E-state index contributed by atoms with van der Waals surface area (Å²) in [6.07, 6.45) is -3.43. The molecular weight excluding hydrogens is 224 g/mol. The molecule has 84 valence electrons. The van der Waals surface area contributed by atoms with Crippen molar-refractivity contribution >= 4 is 0 Å². The van der Waals surface area contributed by atoms with Crippen molar-refractivity contribution < 1.29 is 17.6 Å². The van der Waals surface area contributed by atoms with E-state index in [1.807, 2.05) is 5.10 Å². The van der Waals surface area contributed by atoms with Gasteiger partial charge in [-0.05, 0) is 17.7 Å². The zero-order chi connectivity index (χ0) is 11.8. The van der Waals surface area contributed by atoms with E-state index in [0.29, 0.717) is 0 Å². The van der Waals surface area contributed by atoms with Gasteiger partial charge in [-0.2, -0.15) is 18.3 Å². The number of rotatable bonds is 1. The lowest BCUT2D eigenvalue weighted by atomic mass is 10.1. The molecule has 0 radical (unpaired) electrons. The molecule has 0 aliphatic heterocycles. The molecule has 16 heavy (non-hydrogen) atoms. The number of nitrogens with one attached hydrogen (secondary N) is 1. The van der Waals surface area contributed by atoms with Crippen molar-refractivity contribution in [1.29, 1.82) is 0 Å². The Morgan fingerprint density at radius 2 is 1.69 bits per heavy atom. The lowest BCUT2D eigenvalue weighted by molar-refractivity contribution is -0.140. The minimum Gasteiger partial charge on any atom is -0.273 e. The van der Waals surface area contributed by atoms with Crippen molar-refractivity contribution in [2.45, 2.75) is 6.18 Å². The van der Waals surface area contributed by atoms with Gasteiger partial charge < -0.3 is 0 Å². The van der Waals surface area contributed by atoms with Crippen LogP contribution in [0.25, 0.3) is 11.1 Å². The lowest BCUT2D eigenvalue weighted by Gasteiger charge is -2.06. The number of aromatic amines is 1. The molecule has 0 atom stereocenters. The van der Waals surface area contributed by atoms with E-state index in [2.05, 4.69) is 5.10 Å². The average molecular weight is 230 g/mol. The molecule has 0 saturated heterocycles. The van der Waals surface area contributed by atoms with E-state index in [4.69, 9.17) is 0 Å². The van der Waals surface area contributed by atoms with E-state index in [1.165, 1.54) is 12.1 Å². The highest BCUT2D eigenvalue weighted by Gasteiger charge is 2.35. The topological polar surface area (TPSA) is 28.7 Å². The van der Waals surface area contributed by atoms with Crippen LogP contribution in [0.5, 0.6) is 0 Å². The van der Waals surface area contributed by atoms with Gasteiger partial charge in [-0.25, -0.2) is 4.39 Å². The monoisotopic (exact) mass is 230 g/mol. The molecule has 0 aliphatic carbocycles. The number of benzene rings is 1. The molecule has 6 heteroatoms. The van der Waals surface area contributed by atoms with Gasteiger partial charge in [-0.1, -0.05) is 12.1 Å². The first-order chi connectivity index (χ1) is 7.48. The maximum absolute atomic E-state index is 12.6. The van der Waals surface area contributed by atoms with Crippen LogP contribution >= 0.6 is 0 Å². The molecular formula is C10H6F4N2. The van der Waals surface area contributed by atoms with E-state index in [1.54, 1.807) is 0 Å². The smallest absolute Gasteiger partial charge is 0.273 e. The Kier molecular flexibility index (Phi) is 2.41. The van der Waals surface area contributed by atoms with E-state index < -0.39 is 17.7 Å². The second-order valence-corrected chi connectivity index (χ2v) is 3.16. The zero-order valence-corrected chi connectivity index (χ0v) is 7.85. The lowest BCUT2D eigenvalue weighted by Crippen LogP contribution is -2.07. The van der Waals surface area contributed by atoms with Crippen molar-refractivity contribution in [3.8, 4) is 11.1 Å². The summed E-state index contributed by atoms with van der Waals surface area (Å²) in [5, 5.41) is 5.24. The Labute approximate surface area is 87.9 Å². The summed E-state index contributed by atoms with van der Waals surface area (Å²) in [4.78, 5) is 0. The van der Waals surface area contributed by atoms with Crippen molar-refractivity contribution in [1.82, 2.24) is 10.2 Å². The highest BCUT2D eigenvalue weighted by molar-refractivity contribution is 5.65. The van der Waals surface area contributed by atoms with Crippen LogP contribution in [0.2, 0.25) is 0 Å². The minimum absolute atomic E-state index is 0.0903. The summed E-state index contributed by atoms with van der Waals surface area (Å²) in [5.41, 5.74) is -0.755. The highest BCUT2D eigenvalue weighted by Crippen LogP contribution is 2.35. The molecule has 1 heterocycles. The number of halogens is 4. The number of alkyl halides is 3. The number of aromatic nitrogens is 2. The first-order valence-electron chi connectivity index (χ1n) is 4.35. The SMILES string of the molecule is Fc1ccc(-c2cn[nH]c2C(F)(F)F)cc1. The van der Waals surface area contributed by atoms with Crippen molar-refractivity contribution in [3.05, 3.63) is 42.0 Å². The van der Waals surface area contributed by atoms with Crippen LogP contribution in [0.15, 0.2) is 30.5 Å². The number of H-pyrrole nitrogens is 1. The molecule has 0 amide bonds. The molecule has 0 fully saturated rings. The van der Waals surface area contributed by atoms with Crippen LogP contribution in [0, 0.1) is 5.82 Å². The summed E-state index contributed by atoms with van der Waals surface area (Å²) in [6.45, 7) is 0. The largest absolute Gasteiger partial charge is 0.433 e. The van der Waals surface area contributed by atoms with Gasteiger partial charge in [0.05, 0.1) is 6.20 Å². The third-order valence-corrected chi connectivity index (χ3v) is 2.08. The van der Waals surface area contributed by atoms with E-state index in [9.17, 15) is 17.6 Å². The molecule has 1 N–H and O–H groups in total. The van der Waals surface area contributed by atoms with Gasteiger partial charge in [0, 0.05) is 5.56 Å². The van der Waals surface area contributed by atoms with Crippen LogP contribution in [0.3, 0.4) is 0 Å². The summed E-state index contributed by atoms with van der Waals surface area (Å²) >= 11 is 0. The van der Waals surface area contributed by atoms with Gasteiger partial charge in [0.15, 0.2) is 0 Å². The number of hydrogen-bond donors (Lipinski definition) is 1. The van der Waals surface area contributed by atoms with E-state index in [0.717, 1.165) is 18.3 Å². The summed E-state index contributed by atoms with van der Waals surface area (Å²) in [5.74, 6) is -0.499. The van der Waals surface area contributed by atoms with Gasteiger partial charge in [-0.15, -0.1) is 0 Å². The summed E-state index contributed by atoms with van der Waals surface area (Å²) in [7, 11) is 0. The highest BCUT2D eigenvalue weighted by atomic mass is 19.4. The minimum atomic E-state index is -4.50. The molecule has 0 unspecified atom stereocenters. The van der Waals surface area contributed by atoms with Gasteiger partial charge in [0.25, 0.3) is 0 Å². The molecule has 1 aromatic carbocycles. The molecule has 0 spiro atoms. The Morgan fingerprint density at radius 1 is 1.06 bits per heavy atom. The molecule has 2 rings (SSSR count). The average Bonchev–Trinajstić information content (AvgIpc) is 2.66. The second-order valence-electron chi connectivity index (χ2n) is 3.16. The van der Waals surface area contributed by atoms with Crippen molar-refractivity contribution in [3.63, 3.8) is 0 Å². The Balaban J connectivity index is 2.49. The fraction of sp³-hybridized carbons (Fsp3) is 0.100. The Morgan fingerprint density at radius 3 is 2.25 bits per heavy atom. The van der Waals surface area contributed by atoms with Crippen LogP contribution in [-0.2, 0) is 6.18 Å². The predicted octanol–water partition coefficient (Wildman–Crippen LogP) is 3.23. The van der Waals surface area contributed by atoms with Crippen LogP contribution in [0.1, 0.15) is 5.69 Å². The standard InChI is InChI=1S/C10H6F4N2/c11-7-3-1-6(2-4-7)8-5-15-16-9(8)10(12,13)14/h1-5H,(H,15,16). The Hall–Kier alpha value is -1.85. The Bertz CT molecular complexity index is 484. The summed E-state index contributed by atoms with van der Waals surface area (Å²) < 4.78 is 50.1. The third kappa shape index (κ3) is 1.91. The third-order valence-electron chi connectivity index (χ3n) is 2.08. The molecule has 0 bridgehead atoms. The maximum Gasteiger partial charge on any atom is 0.433 e. The summed E-state index contributed by atoms with van der Waals surface area (Å²) in [6, 6.07) is 4.75. The van der Waals surface area contributed by atoms with Crippen molar-refractivity contribution in [2.24, 2.45) is 0 Å². The van der Waals surface area contributed by atoms with E-state index in [-0.39, 0.29) is 11.1 Å². The molecule has 2 nitrogen and oxygen atoms in total. The molecule has 1 aromatic heterocycles. The van der Waals surface area contributed by atoms with Gasteiger partial charge >= 0.3 is 6.18 Å². The number of nitrogens with zero attached hydrogens (tertiary/aromatic N) is 1. The maximum atomic E-state index is 12.6. The number of hydrogen-bond acceptors (Lipinski definition) is 1. The molecule has 0 aliphatic rings. The van der Waals surface area contributed by atoms with Crippen LogP contribution in [-0.4, -0.2) is 10.2 Å². The normalized spacial score (nSPS) is 11.8. The molecule has 0 saturated carbocycles. The van der Waals surface area contributed by atoms with Crippen LogP contribution < -0.4 is 0 Å². The van der Waals surface area contributed by atoms with Gasteiger partial charge in [0.1, 0.15) is 11.5 Å². The van der Waals surface area contributed by atoms with E-state index >= 15 is 0 Å².